The minimum Gasteiger partial charge on any atom is -0.313 e. The molecule has 1 heterocycles. The molecule has 0 amide bonds. The van der Waals surface area contributed by atoms with Gasteiger partial charge in [0.1, 0.15) is 0 Å². The molecule has 1 aliphatic rings. The van der Waals surface area contributed by atoms with E-state index in [0.717, 1.165) is 24.8 Å². The predicted octanol–water partition coefficient (Wildman–Crippen LogP) is 3.74. The lowest BCUT2D eigenvalue weighted by Gasteiger charge is -2.28. The van der Waals surface area contributed by atoms with Crippen molar-refractivity contribution in [3.05, 3.63) is 29.6 Å². The fraction of sp³-hybridized carbons (Fsp3) is 0.706. The van der Waals surface area contributed by atoms with Crippen molar-refractivity contribution < 1.29 is 0 Å². The fourth-order valence-corrected chi connectivity index (χ4v) is 3.32. The summed E-state index contributed by atoms with van der Waals surface area (Å²) in [6.07, 6.45) is 8.46. The van der Waals surface area contributed by atoms with Crippen LogP contribution in [0.2, 0.25) is 0 Å². The summed E-state index contributed by atoms with van der Waals surface area (Å²) in [7, 11) is 0. The first-order chi connectivity index (χ1) is 9.20. The van der Waals surface area contributed by atoms with Gasteiger partial charge in [0, 0.05) is 24.4 Å². The van der Waals surface area contributed by atoms with E-state index in [9.17, 15) is 0 Å². The van der Waals surface area contributed by atoms with Crippen molar-refractivity contribution >= 4 is 0 Å². The Morgan fingerprint density at radius 2 is 2.21 bits per heavy atom. The molecule has 1 N–H and O–H groups in total. The van der Waals surface area contributed by atoms with E-state index in [2.05, 4.69) is 43.2 Å². The van der Waals surface area contributed by atoms with Crippen molar-refractivity contribution in [3.8, 4) is 0 Å². The number of aromatic nitrogens is 1. The minimum atomic E-state index is 0.604. The highest BCUT2D eigenvalue weighted by Gasteiger charge is 2.30. The predicted molar refractivity (Wildman–Crippen MR) is 81.3 cm³/mol. The van der Waals surface area contributed by atoms with E-state index in [0.29, 0.717) is 6.04 Å². The number of hydrogen-bond acceptors (Lipinski definition) is 2. The molecule has 106 valence electrons. The van der Waals surface area contributed by atoms with Crippen molar-refractivity contribution in [2.45, 2.75) is 58.9 Å². The molecule has 1 fully saturated rings. The van der Waals surface area contributed by atoms with E-state index in [-0.39, 0.29) is 0 Å². The monoisotopic (exact) mass is 260 g/mol. The van der Waals surface area contributed by atoms with Gasteiger partial charge < -0.3 is 5.32 Å². The molecule has 0 bridgehead atoms. The van der Waals surface area contributed by atoms with E-state index in [1.54, 1.807) is 0 Å². The number of rotatable bonds is 6. The van der Waals surface area contributed by atoms with Crippen molar-refractivity contribution in [1.82, 2.24) is 10.3 Å². The maximum atomic E-state index is 4.58. The summed E-state index contributed by atoms with van der Waals surface area (Å²) in [5.41, 5.74) is 2.48. The second-order valence-corrected chi connectivity index (χ2v) is 6.16. The Morgan fingerprint density at radius 3 is 2.79 bits per heavy atom. The molecule has 19 heavy (non-hydrogen) atoms. The molecule has 3 unspecified atom stereocenters. The summed E-state index contributed by atoms with van der Waals surface area (Å²) >= 11 is 0. The molecule has 0 aliphatic heterocycles. The largest absolute Gasteiger partial charge is 0.313 e. The minimum absolute atomic E-state index is 0.604. The summed E-state index contributed by atoms with van der Waals surface area (Å²) in [5.74, 6) is 1.69. The van der Waals surface area contributed by atoms with Gasteiger partial charge in [-0.3, -0.25) is 4.98 Å². The van der Waals surface area contributed by atoms with Gasteiger partial charge in [0.25, 0.3) is 0 Å². The second-order valence-electron chi connectivity index (χ2n) is 6.16. The first kappa shape index (κ1) is 14.5. The van der Waals surface area contributed by atoms with E-state index >= 15 is 0 Å². The van der Waals surface area contributed by atoms with E-state index in [4.69, 9.17) is 0 Å². The number of nitrogens with one attached hydrogen (secondary N) is 1. The topological polar surface area (TPSA) is 24.9 Å². The van der Waals surface area contributed by atoms with Gasteiger partial charge in [-0.2, -0.15) is 0 Å². The quantitative estimate of drug-likeness (QED) is 0.843. The highest BCUT2D eigenvalue weighted by Crippen LogP contribution is 2.34. The summed E-state index contributed by atoms with van der Waals surface area (Å²) in [6.45, 7) is 7.88. The number of hydrogen-bond donors (Lipinski definition) is 1. The van der Waals surface area contributed by atoms with Crippen LogP contribution in [-0.4, -0.2) is 17.6 Å². The Morgan fingerprint density at radius 1 is 1.37 bits per heavy atom. The van der Waals surface area contributed by atoms with Crippen molar-refractivity contribution in [2.24, 2.45) is 11.8 Å². The Balaban J connectivity index is 2.02. The summed E-state index contributed by atoms with van der Waals surface area (Å²) < 4.78 is 0. The first-order valence-corrected chi connectivity index (χ1v) is 7.85. The molecule has 0 saturated heterocycles. The van der Waals surface area contributed by atoms with Gasteiger partial charge in [0.15, 0.2) is 0 Å². The maximum absolute atomic E-state index is 4.58. The molecule has 1 saturated carbocycles. The average Bonchev–Trinajstić information content (AvgIpc) is 2.83. The normalized spacial score (nSPS) is 24.6. The molecule has 1 aromatic heterocycles. The Labute approximate surface area is 118 Å². The summed E-state index contributed by atoms with van der Waals surface area (Å²) in [6, 6.07) is 4.97. The maximum Gasteiger partial charge on any atom is 0.0419 e. The molecule has 3 atom stereocenters. The zero-order valence-corrected chi connectivity index (χ0v) is 12.7. The third-order valence-electron chi connectivity index (χ3n) is 4.50. The molecule has 2 nitrogen and oxygen atoms in total. The van der Waals surface area contributed by atoms with Gasteiger partial charge in [-0.15, -0.1) is 0 Å². The van der Waals surface area contributed by atoms with E-state index in [1.165, 1.54) is 36.9 Å². The van der Waals surface area contributed by atoms with Crippen LogP contribution in [0.25, 0.3) is 0 Å². The lowest BCUT2D eigenvalue weighted by atomic mass is 9.87. The third-order valence-corrected chi connectivity index (χ3v) is 4.50. The molecule has 0 aromatic carbocycles. The van der Waals surface area contributed by atoms with Crippen LogP contribution < -0.4 is 5.32 Å². The van der Waals surface area contributed by atoms with Gasteiger partial charge in [0.05, 0.1) is 0 Å². The SMILES string of the molecule is CCCNC(Cc1ccc(C)cn1)C1CCCC1C. The van der Waals surface area contributed by atoms with E-state index < -0.39 is 0 Å². The number of pyridine rings is 1. The van der Waals surface area contributed by atoms with Crippen LogP contribution in [0.5, 0.6) is 0 Å². The fourth-order valence-electron chi connectivity index (χ4n) is 3.32. The zero-order chi connectivity index (χ0) is 13.7. The second kappa shape index (κ2) is 7.04. The van der Waals surface area contributed by atoms with Gasteiger partial charge in [-0.25, -0.2) is 0 Å². The van der Waals surface area contributed by atoms with Crippen LogP contribution in [0.15, 0.2) is 18.3 Å². The van der Waals surface area contributed by atoms with Crippen LogP contribution in [0, 0.1) is 18.8 Å². The lowest BCUT2D eigenvalue weighted by Crippen LogP contribution is -2.39. The molecule has 1 aromatic rings. The van der Waals surface area contributed by atoms with Gasteiger partial charge in [-0.1, -0.05) is 32.8 Å². The smallest absolute Gasteiger partial charge is 0.0419 e. The van der Waals surface area contributed by atoms with Crippen molar-refractivity contribution in [1.29, 1.82) is 0 Å². The highest BCUT2D eigenvalue weighted by molar-refractivity contribution is 5.13. The van der Waals surface area contributed by atoms with E-state index in [1.807, 2.05) is 6.20 Å². The van der Waals surface area contributed by atoms with Crippen LogP contribution in [0.3, 0.4) is 0 Å². The highest BCUT2D eigenvalue weighted by atomic mass is 14.9. The zero-order valence-electron chi connectivity index (χ0n) is 12.7. The average molecular weight is 260 g/mol. The van der Waals surface area contributed by atoms with Gasteiger partial charge in [-0.05, 0) is 49.8 Å². The van der Waals surface area contributed by atoms with Crippen LogP contribution in [0.4, 0.5) is 0 Å². The number of aryl methyl sites for hydroxylation is 1. The third kappa shape index (κ3) is 4.04. The van der Waals surface area contributed by atoms with Crippen molar-refractivity contribution in [2.75, 3.05) is 6.54 Å². The Kier molecular flexibility index (Phi) is 5.38. The summed E-state index contributed by atoms with van der Waals surface area (Å²) in [4.78, 5) is 4.58. The first-order valence-electron chi connectivity index (χ1n) is 7.85. The summed E-state index contributed by atoms with van der Waals surface area (Å²) in [5, 5.41) is 3.76. The molecule has 2 heteroatoms. The molecule has 1 aliphatic carbocycles. The van der Waals surface area contributed by atoms with Crippen LogP contribution >= 0.6 is 0 Å². The van der Waals surface area contributed by atoms with Crippen LogP contribution in [0.1, 0.15) is 50.8 Å². The standard InChI is InChI=1S/C17H28N2/c1-4-10-18-17(16-7-5-6-14(16)3)11-15-9-8-13(2)12-19-15/h8-9,12,14,16-18H,4-7,10-11H2,1-3H3. The molecule has 0 spiro atoms. The Hall–Kier alpha value is -0.890. The van der Waals surface area contributed by atoms with Gasteiger partial charge >= 0.3 is 0 Å². The lowest BCUT2D eigenvalue weighted by molar-refractivity contribution is 0.294. The molecule has 0 radical (unpaired) electrons. The molecular formula is C17H28N2. The van der Waals surface area contributed by atoms with Crippen molar-refractivity contribution in [3.63, 3.8) is 0 Å². The van der Waals surface area contributed by atoms with Crippen LogP contribution in [-0.2, 0) is 6.42 Å². The number of nitrogens with zero attached hydrogens (tertiary/aromatic N) is 1. The van der Waals surface area contributed by atoms with Gasteiger partial charge in [0.2, 0.25) is 0 Å². The Bertz CT molecular complexity index is 371. The molecular weight excluding hydrogens is 232 g/mol. The molecule has 2 rings (SSSR count).